The van der Waals surface area contributed by atoms with Gasteiger partial charge in [-0.2, -0.15) is 0 Å². The van der Waals surface area contributed by atoms with Gasteiger partial charge in [0.1, 0.15) is 0 Å². The van der Waals surface area contributed by atoms with Crippen LogP contribution < -0.4 is 5.32 Å². The maximum atomic E-state index is 10.6. The predicted molar refractivity (Wildman–Crippen MR) is 36.9 cm³/mol. The largest absolute Gasteiger partial charge is 0.480 e. The van der Waals surface area contributed by atoms with Gasteiger partial charge in [-0.1, -0.05) is 0 Å². The predicted octanol–water partition coefficient (Wildman–Crippen LogP) is -1.02. The molecule has 1 aliphatic rings. The quantitative estimate of drug-likeness (QED) is 0.522. The molecule has 0 saturated carbocycles. The third kappa shape index (κ3) is 2.33. The summed E-state index contributed by atoms with van der Waals surface area (Å²) in [6.07, 6.45) is 0. The van der Waals surface area contributed by atoms with Crippen molar-refractivity contribution in [3.05, 3.63) is 0 Å². The Balaban J connectivity index is 2.19. The minimum Gasteiger partial charge on any atom is -0.480 e. The fourth-order valence-electron chi connectivity index (χ4n) is 1.05. The third-order valence-corrected chi connectivity index (χ3v) is 1.56. The average molecular weight is 145 g/mol. The molecular weight excluding hydrogens is 132 g/mol. The van der Waals surface area contributed by atoms with Gasteiger partial charge in [0.25, 0.3) is 1.43 Å². The van der Waals surface area contributed by atoms with E-state index in [0.29, 0.717) is 0 Å². The van der Waals surface area contributed by atoms with E-state index in [1.165, 1.54) is 0 Å². The first kappa shape index (κ1) is 6.12. The second kappa shape index (κ2) is 3.53. The number of nitrogens with one attached hydrogen (secondary N) is 1. The maximum absolute atomic E-state index is 10.6. The first-order valence-electron chi connectivity index (χ1n) is 3.83. The molecule has 0 spiro atoms. The Labute approximate surface area is 61.3 Å². The van der Waals surface area contributed by atoms with Crippen molar-refractivity contribution in [1.29, 1.82) is 1.43 Å². The van der Waals surface area contributed by atoms with Crippen LogP contribution in [0.25, 0.3) is 1.43 Å². The van der Waals surface area contributed by atoms with E-state index in [-0.39, 0.29) is 6.54 Å². The van der Waals surface area contributed by atoms with Crippen LogP contribution in [-0.4, -0.2) is 48.7 Å². The number of aliphatic carboxylic acids is 1. The monoisotopic (exact) mass is 145 g/mol. The summed E-state index contributed by atoms with van der Waals surface area (Å²) >= 11 is 0. The number of carbonyl (C=O) groups is 1. The molecule has 0 aromatic carbocycles. The lowest BCUT2D eigenvalue weighted by Crippen LogP contribution is -2.45. The summed E-state index contributed by atoms with van der Waals surface area (Å²) in [6.45, 7) is 3.77. The maximum Gasteiger partial charge on any atom is 0.317 e. The molecule has 1 rings (SSSR count). The number of carboxylic acid groups (broad SMARTS) is 1. The number of hydrogen-bond donors (Lipinski definition) is 2. The molecule has 0 unspecified atom stereocenters. The van der Waals surface area contributed by atoms with Crippen LogP contribution in [0.4, 0.5) is 0 Å². The molecule has 0 aromatic heterocycles. The van der Waals surface area contributed by atoms with Gasteiger partial charge in [-0.3, -0.25) is 9.69 Å². The fraction of sp³-hybridized carbons (Fsp3) is 0.833. The van der Waals surface area contributed by atoms with Crippen LogP contribution in [-0.2, 0) is 4.79 Å². The van der Waals surface area contributed by atoms with E-state index in [0.717, 1.165) is 26.2 Å². The van der Waals surface area contributed by atoms with Crippen molar-refractivity contribution in [3.63, 3.8) is 0 Å². The third-order valence-electron chi connectivity index (χ3n) is 1.56. The van der Waals surface area contributed by atoms with Gasteiger partial charge in [-0.05, 0) is 0 Å². The first-order chi connectivity index (χ1) is 5.33. The van der Waals surface area contributed by atoms with Crippen LogP contribution in [0.3, 0.4) is 0 Å². The van der Waals surface area contributed by atoms with Crippen LogP contribution in [0.2, 0.25) is 0 Å². The van der Waals surface area contributed by atoms with Crippen molar-refractivity contribution in [2.24, 2.45) is 0 Å². The summed E-state index contributed by atoms with van der Waals surface area (Å²) in [4.78, 5) is 12.6. The number of rotatable bonds is 2. The minimum absolute atomic E-state index is 0.241. The lowest BCUT2D eigenvalue weighted by atomic mass is 10.3. The Morgan fingerprint density at radius 1 is 1.70 bits per heavy atom. The molecule has 0 bridgehead atoms. The van der Waals surface area contributed by atoms with Crippen LogP contribution in [0.5, 0.6) is 0 Å². The summed E-state index contributed by atoms with van der Waals surface area (Å²) in [7, 11) is 0. The lowest BCUT2D eigenvalue weighted by molar-refractivity contribution is -0.138. The van der Waals surface area contributed by atoms with Crippen LogP contribution in [0.1, 0.15) is 0 Å². The molecule has 10 heavy (non-hydrogen) atoms. The van der Waals surface area contributed by atoms with Crippen molar-refractivity contribution in [3.8, 4) is 0 Å². The van der Waals surface area contributed by atoms with E-state index in [1.54, 1.807) is 0 Å². The summed E-state index contributed by atoms with van der Waals surface area (Å²) in [6, 6.07) is 0. The van der Waals surface area contributed by atoms with Crippen LogP contribution in [0, 0.1) is 0 Å². The molecule has 0 aromatic rings. The van der Waals surface area contributed by atoms with Gasteiger partial charge in [0, 0.05) is 26.2 Å². The molecule has 0 atom stereocenters. The highest BCUT2D eigenvalue weighted by atomic mass is 16.4. The van der Waals surface area contributed by atoms with Gasteiger partial charge in [-0.15, -0.1) is 0 Å². The zero-order chi connectivity index (χ0) is 8.10. The lowest BCUT2D eigenvalue weighted by Gasteiger charge is -2.25. The molecule has 58 valence electrons. The summed E-state index contributed by atoms with van der Waals surface area (Å²) < 4.78 is 6.34. The van der Waals surface area contributed by atoms with Gasteiger partial charge in [-0.25, -0.2) is 0 Å². The Bertz CT molecular complexity index is 137. The van der Waals surface area contributed by atoms with Crippen LogP contribution >= 0.6 is 0 Å². The summed E-state index contributed by atoms with van der Waals surface area (Å²) in [5.74, 6) is -0.480. The first-order valence-corrected chi connectivity index (χ1v) is 3.42. The molecule has 1 aliphatic heterocycles. The van der Waals surface area contributed by atoms with E-state index in [4.69, 9.17) is 1.43 Å². The molecule has 1 saturated heterocycles. The highest BCUT2D eigenvalue weighted by Crippen LogP contribution is 1.89. The minimum atomic E-state index is -0.480. The van der Waals surface area contributed by atoms with E-state index < -0.39 is 5.97 Å². The van der Waals surface area contributed by atoms with E-state index in [2.05, 4.69) is 10.4 Å². The molecule has 4 heteroatoms. The number of piperazine rings is 1. The standard InChI is InChI=1S/C6H12N2O2/c9-6(10)5-8-3-1-7-2-4-8/h7H,1-5H2,(H,9,10)/i/hD. The van der Waals surface area contributed by atoms with Crippen molar-refractivity contribution < 1.29 is 9.90 Å². The molecule has 0 amide bonds. The molecule has 0 radical (unpaired) electrons. The smallest absolute Gasteiger partial charge is 0.317 e. The summed E-state index contributed by atoms with van der Waals surface area (Å²) in [5.41, 5.74) is 0. The number of carboxylic acids is 1. The molecular formula is C6H12N2O2. The Hall–Kier alpha value is -0.610. The normalized spacial score (nSPS) is 21.8. The van der Waals surface area contributed by atoms with E-state index >= 15 is 0 Å². The number of hydrogen-bond acceptors (Lipinski definition) is 4. The fourth-order valence-corrected chi connectivity index (χ4v) is 1.05. The Kier molecular flexibility index (Phi) is 2.16. The van der Waals surface area contributed by atoms with Gasteiger partial charge < -0.3 is 10.4 Å². The second-order valence-corrected chi connectivity index (χ2v) is 2.40. The summed E-state index contributed by atoms with van der Waals surface area (Å²) in [5, 5.41) is 6.97. The van der Waals surface area contributed by atoms with Crippen molar-refractivity contribution >= 4 is 5.97 Å². The Morgan fingerprint density at radius 2 is 2.40 bits per heavy atom. The van der Waals surface area contributed by atoms with Crippen molar-refractivity contribution in [2.75, 3.05) is 32.7 Å². The topological polar surface area (TPSA) is 52.6 Å². The highest BCUT2D eigenvalue weighted by molar-refractivity contribution is 5.69. The SMILES string of the molecule is [2H]OC(=O)CN1CCNCC1. The Morgan fingerprint density at radius 3 is 3.00 bits per heavy atom. The molecule has 1 fully saturated rings. The second-order valence-electron chi connectivity index (χ2n) is 2.40. The molecule has 4 nitrogen and oxygen atoms in total. The van der Waals surface area contributed by atoms with E-state index in [1.807, 2.05) is 4.90 Å². The number of nitrogens with zero attached hydrogens (tertiary/aromatic N) is 1. The van der Waals surface area contributed by atoms with Crippen molar-refractivity contribution in [2.45, 2.75) is 0 Å². The molecule has 0 aliphatic carbocycles. The van der Waals surface area contributed by atoms with Gasteiger partial charge in [0.15, 0.2) is 0 Å². The van der Waals surface area contributed by atoms with Crippen molar-refractivity contribution in [1.82, 2.24) is 10.2 Å². The highest BCUT2D eigenvalue weighted by Gasteiger charge is 2.11. The van der Waals surface area contributed by atoms with Gasteiger partial charge in [0.2, 0.25) is 0 Å². The van der Waals surface area contributed by atoms with E-state index in [9.17, 15) is 4.79 Å². The van der Waals surface area contributed by atoms with Crippen LogP contribution in [0.15, 0.2) is 0 Å². The molecule has 2 N–H and O–H groups in total. The van der Waals surface area contributed by atoms with Gasteiger partial charge >= 0.3 is 5.97 Å². The van der Waals surface area contributed by atoms with Gasteiger partial charge in [0.05, 0.1) is 6.54 Å². The zero-order valence-corrected chi connectivity index (χ0v) is 5.80. The zero-order valence-electron chi connectivity index (χ0n) is 6.80. The molecule has 1 heterocycles. The average Bonchev–Trinajstić information content (AvgIpc) is 2.06.